The van der Waals surface area contributed by atoms with Gasteiger partial charge < -0.3 is 5.32 Å². The second-order valence-corrected chi connectivity index (χ2v) is 6.03. The van der Waals surface area contributed by atoms with Gasteiger partial charge in [0.05, 0.1) is 0 Å². The molecule has 0 aromatic heterocycles. The minimum absolute atomic E-state index is 0.268. The quantitative estimate of drug-likeness (QED) is 0.776. The molecule has 18 heavy (non-hydrogen) atoms. The first-order chi connectivity index (χ1) is 8.83. The molecule has 2 heterocycles. The normalized spacial score (nSPS) is 35.7. The number of nitrogens with one attached hydrogen (secondary N) is 1. The third-order valence-corrected chi connectivity index (χ3v) is 4.76. The first-order valence-electron chi connectivity index (χ1n) is 7.53. The summed E-state index contributed by atoms with van der Waals surface area (Å²) in [6.45, 7) is 2.42. The molecule has 3 aliphatic rings. The summed E-state index contributed by atoms with van der Waals surface area (Å²) in [5.74, 6) is 0.762. The highest BCUT2D eigenvalue weighted by atomic mass is 16.1. The van der Waals surface area contributed by atoms with E-state index in [0.29, 0.717) is 24.4 Å². The fraction of sp³-hybridized carbons (Fsp3) is 0.800. The van der Waals surface area contributed by atoms with Crippen LogP contribution in [0.2, 0.25) is 0 Å². The average Bonchev–Trinajstić information content (AvgIpc) is 3.00. The summed E-state index contributed by atoms with van der Waals surface area (Å²) >= 11 is 0. The van der Waals surface area contributed by atoms with Gasteiger partial charge in [0.1, 0.15) is 0 Å². The van der Waals surface area contributed by atoms with Gasteiger partial charge in [-0.15, -0.1) is 0 Å². The van der Waals surface area contributed by atoms with E-state index in [-0.39, 0.29) is 5.91 Å². The predicted molar refractivity (Wildman–Crippen MR) is 72.2 cm³/mol. The third-order valence-electron chi connectivity index (χ3n) is 4.76. The molecule has 1 aliphatic carbocycles. The SMILES string of the molecule is O=C(CC1C=CCC1)NC1CCN2CCCCC12. The number of hydrogen-bond donors (Lipinski definition) is 1. The summed E-state index contributed by atoms with van der Waals surface area (Å²) in [6, 6.07) is 1.05. The van der Waals surface area contributed by atoms with Gasteiger partial charge >= 0.3 is 0 Å². The van der Waals surface area contributed by atoms with Crippen LogP contribution in [0.4, 0.5) is 0 Å². The molecule has 0 aromatic carbocycles. The molecule has 100 valence electrons. The fourth-order valence-electron chi connectivity index (χ4n) is 3.78. The number of carbonyl (C=O) groups is 1. The number of nitrogens with zero attached hydrogens (tertiary/aromatic N) is 1. The Bertz CT molecular complexity index is 339. The number of hydrogen-bond acceptors (Lipinski definition) is 2. The van der Waals surface area contributed by atoms with Crippen LogP contribution in [0.1, 0.15) is 44.9 Å². The van der Waals surface area contributed by atoms with Gasteiger partial charge in [-0.25, -0.2) is 0 Å². The number of rotatable bonds is 3. The molecule has 1 amide bonds. The van der Waals surface area contributed by atoms with E-state index < -0.39 is 0 Å². The Morgan fingerprint density at radius 1 is 1.22 bits per heavy atom. The lowest BCUT2D eigenvalue weighted by atomic mass is 9.98. The maximum atomic E-state index is 12.1. The Morgan fingerprint density at radius 2 is 2.17 bits per heavy atom. The van der Waals surface area contributed by atoms with Crippen molar-refractivity contribution in [1.29, 1.82) is 0 Å². The van der Waals surface area contributed by atoms with Gasteiger partial charge in [0, 0.05) is 25.0 Å². The van der Waals surface area contributed by atoms with E-state index in [0.717, 1.165) is 19.3 Å². The van der Waals surface area contributed by atoms with Crippen molar-refractivity contribution < 1.29 is 4.79 Å². The molecule has 0 spiro atoms. The highest BCUT2D eigenvalue weighted by Crippen LogP contribution is 2.27. The summed E-state index contributed by atoms with van der Waals surface area (Å²) in [6.07, 6.45) is 12.5. The van der Waals surface area contributed by atoms with Crippen LogP contribution in [0.3, 0.4) is 0 Å². The van der Waals surface area contributed by atoms with Crippen molar-refractivity contribution in [1.82, 2.24) is 10.2 Å². The van der Waals surface area contributed by atoms with E-state index in [1.165, 1.54) is 32.4 Å². The number of allylic oxidation sites excluding steroid dienone is 2. The van der Waals surface area contributed by atoms with E-state index in [2.05, 4.69) is 22.4 Å². The number of amides is 1. The Balaban J connectivity index is 1.49. The van der Waals surface area contributed by atoms with Gasteiger partial charge in [0.15, 0.2) is 0 Å². The average molecular weight is 248 g/mol. The van der Waals surface area contributed by atoms with E-state index in [1.807, 2.05) is 0 Å². The predicted octanol–water partition coefficient (Wildman–Crippen LogP) is 2.09. The number of piperidine rings is 1. The van der Waals surface area contributed by atoms with Gasteiger partial charge in [-0.3, -0.25) is 9.69 Å². The van der Waals surface area contributed by atoms with Gasteiger partial charge in [-0.2, -0.15) is 0 Å². The van der Waals surface area contributed by atoms with Crippen LogP contribution in [-0.4, -0.2) is 36.0 Å². The summed E-state index contributed by atoms with van der Waals surface area (Å²) in [5.41, 5.74) is 0. The van der Waals surface area contributed by atoms with Crippen molar-refractivity contribution >= 4 is 5.91 Å². The highest BCUT2D eigenvalue weighted by Gasteiger charge is 2.36. The molecule has 2 aliphatic heterocycles. The van der Waals surface area contributed by atoms with Crippen LogP contribution < -0.4 is 5.32 Å². The molecule has 3 rings (SSSR count). The van der Waals surface area contributed by atoms with Crippen LogP contribution in [0.15, 0.2) is 12.2 Å². The van der Waals surface area contributed by atoms with Crippen LogP contribution >= 0.6 is 0 Å². The second kappa shape index (κ2) is 5.43. The molecule has 3 atom stereocenters. The monoisotopic (exact) mass is 248 g/mol. The zero-order valence-electron chi connectivity index (χ0n) is 11.1. The molecule has 2 fully saturated rings. The minimum Gasteiger partial charge on any atom is -0.352 e. The molecule has 0 aromatic rings. The number of carbonyl (C=O) groups excluding carboxylic acids is 1. The zero-order valence-corrected chi connectivity index (χ0v) is 11.1. The fourth-order valence-corrected chi connectivity index (χ4v) is 3.78. The Kier molecular flexibility index (Phi) is 3.69. The summed E-state index contributed by atoms with van der Waals surface area (Å²) in [7, 11) is 0. The Hall–Kier alpha value is -0.830. The van der Waals surface area contributed by atoms with Crippen molar-refractivity contribution in [3.05, 3.63) is 12.2 Å². The van der Waals surface area contributed by atoms with Crippen LogP contribution in [0, 0.1) is 5.92 Å². The topological polar surface area (TPSA) is 32.3 Å². The smallest absolute Gasteiger partial charge is 0.220 e. The van der Waals surface area contributed by atoms with Crippen molar-refractivity contribution in [2.45, 2.75) is 57.0 Å². The summed E-state index contributed by atoms with van der Waals surface area (Å²) < 4.78 is 0. The van der Waals surface area contributed by atoms with Crippen molar-refractivity contribution in [3.8, 4) is 0 Å². The van der Waals surface area contributed by atoms with E-state index >= 15 is 0 Å². The molecular weight excluding hydrogens is 224 g/mol. The Labute approximate surface area is 110 Å². The third kappa shape index (κ3) is 2.61. The maximum Gasteiger partial charge on any atom is 0.220 e. The van der Waals surface area contributed by atoms with Gasteiger partial charge in [0.2, 0.25) is 5.91 Å². The second-order valence-electron chi connectivity index (χ2n) is 6.03. The molecule has 0 saturated carbocycles. The van der Waals surface area contributed by atoms with Crippen molar-refractivity contribution in [3.63, 3.8) is 0 Å². The Morgan fingerprint density at radius 3 is 3.00 bits per heavy atom. The van der Waals surface area contributed by atoms with Crippen LogP contribution in [0.5, 0.6) is 0 Å². The molecule has 3 nitrogen and oxygen atoms in total. The largest absolute Gasteiger partial charge is 0.352 e. The lowest BCUT2D eigenvalue weighted by Crippen LogP contribution is -2.47. The number of fused-ring (bicyclic) bond motifs is 1. The lowest BCUT2D eigenvalue weighted by Gasteiger charge is -2.32. The minimum atomic E-state index is 0.268. The summed E-state index contributed by atoms with van der Waals surface area (Å²) in [5, 5.41) is 3.29. The first-order valence-corrected chi connectivity index (χ1v) is 7.53. The molecule has 1 N–H and O–H groups in total. The van der Waals surface area contributed by atoms with Gasteiger partial charge in [0.25, 0.3) is 0 Å². The van der Waals surface area contributed by atoms with E-state index in [1.54, 1.807) is 0 Å². The molecule has 3 heteroatoms. The molecule has 0 radical (unpaired) electrons. The maximum absolute atomic E-state index is 12.1. The summed E-state index contributed by atoms with van der Waals surface area (Å²) in [4.78, 5) is 14.6. The van der Waals surface area contributed by atoms with Gasteiger partial charge in [-0.1, -0.05) is 18.6 Å². The molecular formula is C15H24N2O. The van der Waals surface area contributed by atoms with Crippen LogP contribution in [-0.2, 0) is 4.79 Å². The van der Waals surface area contributed by atoms with E-state index in [4.69, 9.17) is 0 Å². The van der Waals surface area contributed by atoms with Crippen molar-refractivity contribution in [2.75, 3.05) is 13.1 Å². The van der Waals surface area contributed by atoms with Gasteiger partial charge in [-0.05, 0) is 44.6 Å². The molecule has 3 unspecified atom stereocenters. The standard InChI is InChI=1S/C15H24N2O/c18-15(11-12-5-1-2-6-12)16-13-8-10-17-9-4-3-7-14(13)17/h1,5,12-14H,2-4,6-11H2,(H,16,18). The van der Waals surface area contributed by atoms with E-state index in [9.17, 15) is 4.79 Å². The zero-order chi connectivity index (χ0) is 12.4. The lowest BCUT2D eigenvalue weighted by molar-refractivity contribution is -0.122. The van der Waals surface area contributed by atoms with Crippen molar-refractivity contribution in [2.24, 2.45) is 5.92 Å². The molecule has 2 saturated heterocycles. The first kappa shape index (κ1) is 12.2. The highest BCUT2D eigenvalue weighted by molar-refractivity contribution is 5.77. The molecule has 0 bridgehead atoms. The van der Waals surface area contributed by atoms with Crippen LogP contribution in [0.25, 0.3) is 0 Å².